The van der Waals surface area contributed by atoms with Gasteiger partial charge in [-0.3, -0.25) is 0 Å². The minimum Gasteiger partial charge on any atom is -0.309 e. The number of halogens is 1. The van der Waals surface area contributed by atoms with E-state index in [1.54, 1.807) is 26.8 Å². The normalized spacial score (nSPS) is 11.9. The molecule has 6 heteroatoms. The van der Waals surface area contributed by atoms with Gasteiger partial charge in [0.25, 0.3) is 0 Å². The average molecular weight is 364 g/mol. The maximum Gasteiger partial charge on any atom is 0.216 e. The molecule has 0 radical (unpaired) electrons. The third-order valence-electron chi connectivity index (χ3n) is 3.75. The highest BCUT2D eigenvalue weighted by Gasteiger charge is 2.15. The first kappa shape index (κ1) is 19.6. The first-order chi connectivity index (χ1) is 11.8. The van der Waals surface area contributed by atoms with Gasteiger partial charge >= 0.3 is 0 Å². The van der Waals surface area contributed by atoms with Gasteiger partial charge in [-0.2, -0.15) is 0 Å². The van der Waals surface area contributed by atoms with Gasteiger partial charge in [0.05, 0.1) is 5.75 Å². The maximum atomic E-state index is 13.3. The van der Waals surface area contributed by atoms with Crippen LogP contribution in [-0.2, 0) is 28.9 Å². The molecule has 136 valence electrons. The predicted octanol–water partition coefficient (Wildman–Crippen LogP) is 3.25. The van der Waals surface area contributed by atoms with Crippen LogP contribution in [0.4, 0.5) is 4.39 Å². The van der Waals surface area contributed by atoms with Gasteiger partial charge in [-0.05, 0) is 49.1 Å². The highest BCUT2D eigenvalue weighted by molar-refractivity contribution is 7.88. The summed E-state index contributed by atoms with van der Waals surface area (Å²) in [6.45, 7) is 6.47. The smallest absolute Gasteiger partial charge is 0.216 e. The molecule has 0 aliphatic heterocycles. The second-order valence-electron chi connectivity index (χ2n) is 6.49. The zero-order chi connectivity index (χ0) is 18.4. The van der Waals surface area contributed by atoms with Gasteiger partial charge < -0.3 is 5.32 Å². The molecule has 0 spiro atoms. The van der Waals surface area contributed by atoms with Gasteiger partial charge in [-0.15, -0.1) is 0 Å². The Hall–Kier alpha value is -1.76. The van der Waals surface area contributed by atoms with Crippen molar-refractivity contribution >= 4 is 10.0 Å². The topological polar surface area (TPSA) is 58.2 Å². The van der Waals surface area contributed by atoms with Crippen molar-refractivity contribution in [2.24, 2.45) is 0 Å². The van der Waals surface area contributed by atoms with Crippen molar-refractivity contribution in [2.45, 2.75) is 45.7 Å². The Balaban J connectivity index is 2.01. The Bertz CT molecular complexity index is 820. The first-order valence-electron chi connectivity index (χ1n) is 8.29. The van der Waals surface area contributed by atoms with E-state index >= 15 is 0 Å². The van der Waals surface area contributed by atoms with Crippen LogP contribution in [0.5, 0.6) is 0 Å². The molecular formula is C19H25FN2O2S. The highest BCUT2D eigenvalue weighted by Crippen LogP contribution is 2.13. The molecule has 0 bridgehead atoms. The van der Waals surface area contributed by atoms with E-state index in [-0.39, 0.29) is 17.6 Å². The third kappa shape index (κ3) is 6.23. The van der Waals surface area contributed by atoms with Crippen molar-refractivity contribution in [1.82, 2.24) is 10.0 Å². The third-order valence-corrected chi connectivity index (χ3v) is 5.27. The van der Waals surface area contributed by atoms with Crippen LogP contribution in [0.1, 0.15) is 36.1 Å². The molecule has 0 aromatic heterocycles. The Morgan fingerprint density at radius 2 is 1.72 bits per heavy atom. The van der Waals surface area contributed by atoms with Gasteiger partial charge in [0, 0.05) is 19.1 Å². The van der Waals surface area contributed by atoms with Crippen LogP contribution in [-0.4, -0.2) is 14.5 Å². The number of sulfonamides is 1. The van der Waals surface area contributed by atoms with Crippen molar-refractivity contribution in [3.05, 3.63) is 70.5 Å². The minimum absolute atomic E-state index is 0.0430. The second kappa shape index (κ2) is 8.56. The second-order valence-corrected chi connectivity index (χ2v) is 8.24. The first-order valence-corrected chi connectivity index (χ1v) is 9.94. The minimum atomic E-state index is -3.36. The summed E-state index contributed by atoms with van der Waals surface area (Å²) < 4.78 is 40.2. The molecule has 0 heterocycles. The molecule has 2 N–H and O–H groups in total. The van der Waals surface area contributed by atoms with Crippen molar-refractivity contribution < 1.29 is 12.8 Å². The molecule has 2 rings (SSSR count). The lowest BCUT2D eigenvalue weighted by atomic mass is 10.1. The number of aryl methyl sites for hydroxylation is 1. The molecule has 0 saturated heterocycles. The highest BCUT2D eigenvalue weighted by atomic mass is 32.2. The molecule has 25 heavy (non-hydrogen) atoms. The van der Waals surface area contributed by atoms with Gasteiger partial charge in [0.2, 0.25) is 10.0 Å². The fourth-order valence-corrected chi connectivity index (χ4v) is 4.13. The van der Waals surface area contributed by atoms with Crippen LogP contribution in [0, 0.1) is 12.7 Å². The van der Waals surface area contributed by atoms with Crippen molar-refractivity contribution in [3.8, 4) is 0 Å². The molecule has 0 fully saturated rings. The van der Waals surface area contributed by atoms with Crippen LogP contribution >= 0.6 is 0 Å². The van der Waals surface area contributed by atoms with E-state index in [2.05, 4.69) is 10.0 Å². The van der Waals surface area contributed by atoms with Gasteiger partial charge in [-0.25, -0.2) is 17.5 Å². The standard InChI is InChI=1S/C19H25FN2O2S/c1-14(2)22-25(23,24)13-18-7-5-4-6-17(18)12-21-11-16-8-9-19(20)15(3)10-16/h4-10,14,21-22H,11-13H2,1-3H3. The van der Waals surface area contributed by atoms with E-state index in [1.807, 2.05) is 30.3 Å². The number of rotatable bonds is 8. The summed E-state index contributed by atoms with van der Waals surface area (Å²) in [4.78, 5) is 0. The number of nitrogens with one attached hydrogen (secondary N) is 2. The van der Waals surface area contributed by atoms with Gasteiger partial charge in [-0.1, -0.05) is 36.4 Å². The van der Waals surface area contributed by atoms with Crippen molar-refractivity contribution in [1.29, 1.82) is 0 Å². The Morgan fingerprint density at radius 1 is 1.04 bits per heavy atom. The van der Waals surface area contributed by atoms with Crippen molar-refractivity contribution in [3.63, 3.8) is 0 Å². The molecule has 0 aliphatic rings. The molecule has 0 aliphatic carbocycles. The summed E-state index contributed by atoms with van der Waals surface area (Å²) in [5.74, 6) is -0.254. The van der Waals surface area contributed by atoms with E-state index in [4.69, 9.17) is 0 Å². The van der Waals surface area contributed by atoms with Gasteiger partial charge in [0.1, 0.15) is 5.82 Å². The summed E-state index contributed by atoms with van der Waals surface area (Å²) in [6.07, 6.45) is 0. The lowest BCUT2D eigenvalue weighted by Crippen LogP contribution is -2.31. The zero-order valence-electron chi connectivity index (χ0n) is 14.8. The lowest BCUT2D eigenvalue weighted by molar-refractivity contribution is 0.568. The van der Waals surface area contributed by atoms with Crippen LogP contribution in [0.15, 0.2) is 42.5 Å². The fraction of sp³-hybridized carbons (Fsp3) is 0.368. The summed E-state index contributed by atoms with van der Waals surface area (Å²) in [7, 11) is -3.36. The molecule has 0 atom stereocenters. The summed E-state index contributed by atoms with van der Waals surface area (Å²) in [5, 5.41) is 3.29. The number of hydrogen-bond acceptors (Lipinski definition) is 3. The Morgan fingerprint density at radius 3 is 2.36 bits per heavy atom. The summed E-state index contributed by atoms with van der Waals surface area (Å²) in [6, 6.07) is 12.4. The molecule has 2 aromatic rings. The van der Waals surface area contributed by atoms with E-state index in [0.717, 1.165) is 16.7 Å². The van der Waals surface area contributed by atoms with Crippen LogP contribution in [0.25, 0.3) is 0 Å². The molecule has 4 nitrogen and oxygen atoms in total. The predicted molar refractivity (Wildman–Crippen MR) is 99.0 cm³/mol. The fourth-order valence-electron chi connectivity index (χ4n) is 2.63. The van der Waals surface area contributed by atoms with E-state index < -0.39 is 10.0 Å². The van der Waals surface area contributed by atoms with Crippen LogP contribution in [0.2, 0.25) is 0 Å². The van der Waals surface area contributed by atoms with Crippen LogP contribution < -0.4 is 10.0 Å². The Kier molecular flexibility index (Phi) is 6.70. The monoisotopic (exact) mass is 364 g/mol. The average Bonchev–Trinajstić information content (AvgIpc) is 2.51. The molecule has 0 unspecified atom stereocenters. The quantitative estimate of drug-likeness (QED) is 0.756. The summed E-state index contributed by atoms with van der Waals surface area (Å²) >= 11 is 0. The SMILES string of the molecule is Cc1cc(CNCc2ccccc2CS(=O)(=O)NC(C)C)ccc1F. The number of hydrogen-bond donors (Lipinski definition) is 2. The molecule has 0 saturated carbocycles. The summed E-state index contributed by atoms with van der Waals surface area (Å²) in [5.41, 5.74) is 3.32. The molecule has 2 aromatic carbocycles. The molecular weight excluding hydrogens is 339 g/mol. The number of benzene rings is 2. The van der Waals surface area contributed by atoms with E-state index in [1.165, 1.54) is 6.07 Å². The van der Waals surface area contributed by atoms with Crippen LogP contribution in [0.3, 0.4) is 0 Å². The lowest BCUT2D eigenvalue weighted by Gasteiger charge is -2.13. The Labute approximate surface area is 149 Å². The van der Waals surface area contributed by atoms with Crippen molar-refractivity contribution in [2.75, 3.05) is 0 Å². The van der Waals surface area contributed by atoms with E-state index in [0.29, 0.717) is 18.7 Å². The van der Waals surface area contributed by atoms with Gasteiger partial charge in [0.15, 0.2) is 0 Å². The largest absolute Gasteiger partial charge is 0.309 e. The zero-order valence-corrected chi connectivity index (χ0v) is 15.7. The molecule has 0 amide bonds. The van der Waals surface area contributed by atoms with E-state index in [9.17, 15) is 12.8 Å². The maximum absolute atomic E-state index is 13.3.